The summed E-state index contributed by atoms with van der Waals surface area (Å²) >= 11 is 0. The summed E-state index contributed by atoms with van der Waals surface area (Å²) in [6.45, 7) is 6.40. The van der Waals surface area contributed by atoms with Crippen molar-refractivity contribution in [2.75, 3.05) is 19.4 Å². The third-order valence-electron chi connectivity index (χ3n) is 3.83. The summed E-state index contributed by atoms with van der Waals surface area (Å²) in [5.41, 5.74) is 2.82. The first-order chi connectivity index (χ1) is 11.2. The highest BCUT2D eigenvalue weighted by Gasteiger charge is 2.17. The molecule has 4 nitrogen and oxygen atoms in total. The summed E-state index contributed by atoms with van der Waals surface area (Å²) in [6, 6.07) is 14.4. The van der Waals surface area contributed by atoms with Crippen LogP contribution in [0.15, 0.2) is 48.5 Å². The number of nitrogens with one attached hydrogen (secondary N) is 1. The van der Waals surface area contributed by atoms with E-state index < -0.39 is 0 Å². The van der Waals surface area contributed by atoms with Crippen LogP contribution in [0.25, 0.3) is 0 Å². The molecular weight excluding hydrogens is 300 g/mol. The van der Waals surface area contributed by atoms with Gasteiger partial charge in [-0.2, -0.15) is 0 Å². The van der Waals surface area contributed by atoms with Gasteiger partial charge in [-0.1, -0.05) is 57.2 Å². The van der Waals surface area contributed by atoms with Crippen molar-refractivity contribution in [3.05, 3.63) is 65.2 Å². The molecule has 0 radical (unpaired) electrons. The normalized spacial score (nSPS) is 11.0. The minimum atomic E-state index is -0.265. The Kier molecular flexibility index (Phi) is 5.07. The van der Waals surface area contributed by atoms with Crippen LogP contribution in [0.3, 0.4) is 0 Å². The Balaban J connectivity index is 2.32. The van der Waals surface area contributed by atoms with Gasteiger partial charge in [0, 0.05) is 25.2 Å². The summed E-state index contributed by atoms with van der Waals surface area (Å²) in [7, 11) is 3.32. The molecule has 24 heavy (non-hydrogen) atoms. The topological polar surface area (TPSA) is 49.4 Å². The molecule has 2 amide bonds. The van der Waals surface area contributed by atoms with Gasteiger partial charge in [-0.3, -0.25) is 4.79 Å². The van der Waals surface area contributed by atoms with E-state index in [-0.39, 0.29) is 17.2 Å². The van der Waals surface area contributed by atoms with Crippen LogP contribution >= 0.6 is 0 Å². The van der Waals surface area contributed by atoms with Crippen molar-refractivity contribution in [3.8, 4) is 0 Å². The second kappa shape index (κ2) is 6.87. The molecule has 0 spiro atoms. The molecule has 2 rings (SSSR count). The smallest absolute Gasteiger partial charge is 0.321 e. The number of para-hydroxylation sites is 1. The minimum Gasteiger partial charge on any atom is -0.331 e. The summed E-state index contributed by atoms with van der Waals surface area (Å²) < 4.78 is 0. The maximum atomic E-state index is 12.8. The fraction of sp³-hybridized carbons (Fsp3) is 0.300. The van der Waals surface area contributed by atoms with Crippen molar-refractivity contribution in [1.82, 2.24) is 4.90 Å². The molecule has 0 unspecified atom stereocenters. The molecule has 1 N–H and O–H groups in total. The zero-order valence-corrected chi connectivity index (χ0v) is 14.9. The van der Waals surface area contributed by atoms with E-state index in [4.69, 9.17) is 0 Å². The Morgan fingerprint density at radius 3 is 2.04 bits per heavy atom. The van der Waals surface area contributed by atoms with Crippen LogP contribution in [0.4, 0.5) is 10.5 Å². The Morgan fingerprint density at radius 2 is 1.50 bits per heavy atom. The SMILES string of the molecule is CN(C)C(=O)Nc1ccccc1C(=O)c1ccc(C(C)(C)C)cc1. The lowest BCUT2D eigenvalue weighted by Gasteiger charge is -2.19. The molecule has 0 fully saturated rings. The Bertz CT molecular complexity index is 741. The first-order valence-electron chi connectivity index (χ1n) is 7.92. The Labute approximate surface area is 143 Å². The van der Waals surface area contributed by atoms with Gasteiger partial charge in [0.2, 0.25) is 0 Å². The zero-order chi connectivity index (χ0) is 17.9. The molecule has 2 aromatic rings. The van der Waals surface area contributed by atoms with Gasteiger partial charge in [0.05, 0.1) is 5.69 Å². The highest BCUT2D eigenvalue weighted by Crippen LogP contribution is 2.24. The molecule has 0 aliphatic rings. The summed E-state index contributed by atoms with van der Waals surface area (Å²) in [6.07, 6.45) is 0. The number of benzene rings is 2. The quantitative estimate of drug-likeness (QED) is 0.855. The second-order valence-corrected chi connectivity index (χ2v) is 7.03. The fourth-order valence-corrected chi connectivity index (χ4v) is 2.29. The van der Waals surface area contributed by atoms with E-state index in [1.165, 1.54) is 10.5 Å². The number of hydrogen-bond donors (Lipinski definition) is 1. The number of urea groups is 1. The van der Waals surface area contributed by atoms with Crippen LogP contribution in [0.1, 0.15) is 42.3 Å². The molecule has 0 aliphatic carbocycles. The molecule has 0 bridgehead atoms. The number of carbonyl (C=O) groups is 2. The monoisotopic (exact) mass is 324 g/mol. The van der Waals surface area contributed by atoms with E-state index in [2.05, 4.69) is 26.1 Å². The van der Waals surface area contributed by atoms with E-state index in [1.54, 1.807) is 38.4 Å². The van der Waals surface area contributed by atoms with Crippen LogP contribution in [0.2, 0.25) is 0 Å². The van der Waals surface area contributed by atoms with Gasteiger partial charge in [0.1, 0.15) is 0 Å². The maximum absolute atomic E-state index is 12.8. The number of carbonyl (C=O) groups excluding carboxylic acids is 2. The molecule has 0 saturated carbocycles. The van der Waals surface area contributed by atoms with E-state index in [1.807, 2.05) is 24.3 Å². The van der Waals surface area contributed by atoms with Gasteiger partial charge in [0.15, 0.2) is 5.78 Å². The van der Waals surface area contributed by atoms with Crippen molar-refractivity contribution in [3.63, 3.8) is 0 Å². The van der Waals surface area contributed by atoms with Crippen LogP contribution in [0.5, 0.6) is 0 Å². The summed E-state index contributed by atoms with van der Waals surface area (Å²) in [5, 5.41) is 2.76. The average molecular weight is 324 g/mol. The lowest BCUT2D eigenvalue weighted by molar-refractivity contribution is 0.103. The molecule has 0 atom stereocenters. The minimum absolute atomic E-state index is 0.0408. The van der Waals surface area contributed by atoms with Crippen molar-refractivity contribution < 1.29 is 9.59 Å². The molecular formula is C20H24N2O2. The van der Waals surface area contributed by atoms with Gasteiger partial charge < -0.3 is 10.2 Å². The molecule has 4 heteroatoms. The maximum Gasteiger partial charge on any atom is 0.321 e. The average Bonchev–Trinajstić information content (AvgIpc) is 2.54. The summed E-state index contributed by atoms with van der Waals surface area (Å²) in [5.74, 6) is -0.106. The largest absolute Gasteiger partial charge is 0.331 e. The van der Waals surface area contributed by atoms with Gasteiger partial charge >= 0.3 is 6.03 Å². The zero-order valence-electron chi connectivity index (χ0n) is 14.9. The standard InChI is InChI=1S/C20H24N2O2/c1-20(2,3)15-12-10-14(11-13-15)18(23)16-8-6-7-9-17(16)21-19(24)22(4)5/h6-13H,1-5H3,(H,21,24). The van der Waals surface area contributed by atoms with Crippen LogP contribution in [-0.2, 0) is 5.41 Å². The van der Waals surface area contributed by atoms with Crippen LogP contribution in [0, 0.1) is 0 Å². The van der Waals surface area contributed by atoms with Crippen LogP contribution in [-0.4, -0.2) is 30.8 Å². The second-order valence-electron chi connectivity index (χ2n) is 7.03. The highest BCUT2D eigenvalue weighted by molar-refractivity contribution is 6.13. The highest BCUT2D eigenvalue weighted by atomic mass is 16.2. The number of rotatable bonds is 3. The van der Waals surface area contributed by atoms with E-state index in [0.717, 1.165) is 0 Å². The van der Waals surface area contributed by atoms with Gasteiger partial charge in [-0.15, -0.1) is 0 Å². The van der Waals surface area contributed by atoms with Crippen molar-refractivity contribution >= 4 is 17.5 Å². The molecule has 126 valence electrons. The predicted molar refractivity (Wildman–Crippen MR) is 97.7 cm³/mol. The first kappa shape index (κ1) is 17.7. The fourth-order valence-electron chi connectivity index (χ4n) is 2.29. The molecule has 0 saturated heterocycles. The van der Waals surface area contributed by atoms with E-state index in [9.17, 15) is 9.59 Å². The molecule has 2 aromatic carbocycles. The third-order valence-corrected chi connectivity index (χ3v) is 3.83. The van der Waals surface area contributed by atoms with Crippen molar-refractivity contribution in [1.29, 1.82) is 0 Å². The number of anilines is 1. The lowest BCUT2D eigenvalue weighted by atomic mass is 9.86. The van der Waals surface area contributed by atoms with Gasteiger partial charge in [-0.25, -0.2) is 4.79 Å². The Hall–Kier alpha value is -2.62. The van der Waals surface area contributed by atoms with E-state index >= 15 is 0 Å². The van der Waals surface area contributed by atoms with E-state index in [0.29, 0.717) is 16.8 Å². The van der Waals surface area contributed by atoms with Gasteiger partial charge in [0.25, 0.3) is 0 Å². The summed E-state index contributed by atoms with van der Waals surface area (Å²) in [4.78, 5) is 26.1. The first-order valence-corrected chi connectivity index (χ1v) is 7.92. The van der Waals surface area contributed by atoms with Crippen molar-refractivity contribution in [2.45, 2.75) is 26.2 Å². The molecule has 0 heterocycles. The van der Waals surface area contributed by atoms with Crippen molar-refractivity contribution in [2.24, 2.45) is 0 Å². The molecule has 0 aromatic heterocycles. The number of hydrogen-bond acceptors (Lipinski definition) is 2. The number of nitrogens with zero attached hydrogens (tertiary/aromatic N) is 1. The number of ketones is 1. The Morgan fingerprint density at radius 1 is 0.917 bits per heavy atom. The van der Waals surface area contributed by atoms with Crippen LogP contribution < -0.4 is 5.32 Å². The number of amides is 2. The predicted octanol–water partition coefficient (Wildman–Crippen LogP) is 4.31. The lowest BCUT2D eigenvalue weighted by Crippen LogP contribution is -2.28. The third kappa shape index (κ3) is 4.02. The molecule has 0 aliphatic heterocycles. The van der Waals surface area contributed by atoms with Gasteiger partial charge in [-0.05, 0) is 23.1 Å².